The number of hydrogen-bond acceptors (Lipinski definition) is 4. The highest BCUT2D eigenvalue weighted by molar-refractivity contribution is 7.97. The van der Waals surface area contributed by atoms with Crippen LogP contribution in [0.15, 0.2) is 41.3 Å². The van der Waals surface area contributed by atoms with E-state index >= 15 is 0 Å². The number of fused-ring (bicyclic) bond motifs is 1. The lowest BCUT2D eigenvalue weighted by Crippen LogP contribution is -2.63. The molecule has 15 heteroatoms. The molecule has 2 aromatic carbocycles. The van der Waals surface area contributed by atoms with Crippen LogP contribution in [-0.4, -0.2) is 53.9 Å². The third-order valence-corrected chi connectivity index (χ3v) is 8.40. The van der Waals surface area contributed by atoms with Gasteiger partial charge in [-0.1, -0.05) is 18.2 Å². The third-order valence-electron chi connectivity index (χ3n) is 4.98. The van der Waals surface area contributed by atoms with Gasteiger partial charge in [-0.15, -0.1) is 0 Å². The van der Waals surface area contributed by atoms with Gasteiger partial charge in [0.1, 0.15) is 17.3 Å². The SMILES string of the molecule is CC(C)Oc1ccc([S+]2CCCC2)c2ccccc12.O=S(=O)([O-])C(F)(F)C(F)(F)C(F)(F)C(F)(F)F. The molecule has 0 aromatic heterocycles. The van der Waals surface area contributed by atoms with Gasteiger partial charge in [-0.3, -0.25) is 0 Å². The van der Waals surface area contributed by atoms with Crippen molar-refractivity contribution in [1.82, 2.24) is 0 Å². The standard InChI is InChI=1S/C17H21OS.C4HF9O3S/c1-13(2)18-16-9-10-17(19-11-5-6-12-19)15-8-4-3-7-14(15)16;5-1(6,3(9,10)11)2(7,8)4(12,13)17(14,15)16/h3-4,7-10,13H,5-6,11-12H2,1-2H3;(H,14,15,16)/q+1;/p-1. The first kappa shape index (κ1) is 30.4. The molecule has 2 aromatic rings. The van der Waals surface area contributed by atoms with Crippen molar-refractivity contribution in [1.29, 1.82) is 0 Å². The second kappa shape index (κ2) is 10.5. The van der Waals surface area contributed by atoms with Crippen LogP contribution < -0.4 is 4.74 Å². The quantitative estimate of drug-likeness (QED) is 0.230. The first-order valence-electron chi connectivity index (χ1n) is 10.3. The Morgan fingerprint density at radius 3 is 1.78 bits per heavy atom. The Hall–Kier alpha value is -1.87. The molecule has 0 bridgehead atoms. The minimum atomic E-state index is -7.43. The summed E-state index contributed by atoms with van der Waals surface area (Å²) in [7, 11) is -6.96. The molecule has 1 saturated heterocycles. The van der Waals surface area contributed by atoms with Gasteiger partial charge < -0.3 is 9.29 Å². The Morgan fingerprint density at radius 1 is 0.833 bits per heavy atom. The number of rotatable bonds is 6. The van der Waals surface area contributed by atoms with Gasteiger partial charge in [-0.25, -0.2) is 8.42 Å². The van der Waals surface area contributed by atoms with E-state index in [2.05, 4.69) is 50.2 Å². The molecule has 0 saturated carbocycles. The first-order valence-corrected chi connectivity index (χ1v) is 13.2. The van der Waals surface area contributed by atoms with Gasteiger partial charge in [0.05, 0.1) is 6.10 Å². The molecule has 1 heterocycles. The van der Waals surface area contributed by atoms with Crippen molar-refractivity contribution in [3.8, 4) is 5.75 Å². The van der Waals surface area contributed by atoms with Crippen molar-refractivity contribution in [3.63, 3.8) is 0 Å². The summed E-state index contributed by atoms with van der Waals surface area (Å²) in [6.45, 7) is 4.17. The summed E-state index contributed by atoms with van der Waals surface area (Å²) in [6, 6.07) is 13.2. The predicted molar refractivity (Wildman–Crippen MR) is 115 cm³/mol. The molecule has 3 rings (SSSR count). The molecule has 0 spiro atoms. The number of ether oxygens (including phenoxy) is 1. The van der Waals surface area contributed by atoms with E-state index in [1.54, 1.807) is 4.90 Å². The van der Waals surface area contributed by atoms with E-state index in [0.29, 0.717) is 10.9 Å². The average molecular weight is 573 g/mol. The van der Waals surface area contributed by atoms with E-state index in [9.17, 15) is 52.5 Å². The molecular weight excluding hydrogens is 551 g/mol. The second-order valence-electron chi connectivity index (χ2n) is 8.00. The summed E-state index contributed by atoms with van der Waals surface area (Å²) in [6.07, 6.45) is -4.16. The minimum absolute atomic E-state index is 0.225. The maximum Gasteiger partial charge on any atom is 0.460 e. The van der Waals surface area contributed by atoms with Gasteiger partial charge in [0, 0.05) is 21.7 Å². The van der Waals surface area contributed by atoms with Crippen molar-refractivity contribution in [2.75, 3.05) is 11.5 Å². The van der Waals surface area contributed by atoms with Crippen LogP contribution in [0.5, 0.6) is 5.75 Å². The molecule has 0 aliphatic carbocycles. The first-order chi connectivity index (χ1) is 16.3. The normalized spacial score (nSPS) is 16.2. The molecule has 36 heavy (non-hydrogen) atoms. The number of alkyl halides is 9. The molecule has 0 N–H and O–H groups in total. The van der Waals surface area contributed by atoms with Crippen molar-refractivity contribution in [3.05, 3.63) is 36.4 Å². The van der Waals surface area contributed by atoms with Gasteiger partial charge in [-0.2, -0.15) is 39.5 Å². The highest BCUT2D eigenvalue weighted by Crippen LogP contribution is 2.54. The fourth-order valence-corrected chi connectivity index (χ4v) is 6.19. The van der Waals surface area contributed by atoms with Crippen molar-refractivity contribution >= 4 is 31.8 Å². The molecule has 204 valence electrons. The molecule has 0 atom stereocenters. The van der Waals surface area contributed by atoms with E-state index in [1.807, 2.05) is 0 Å². The maximum absolute atomic E-state index is 12.2. The van der Waals surface area contributed by atoms with Gasteiger partial charge in [-0.05, 0) is 44.9 Å². The van der Waals surface area contributed by atoms with Crippen molar-refractivity contribution < 1.29 is 57.2 Å². The number of hydrogen-bond donors (Lipinski definition) is 0. The van der Waals surface area contributed by atoms with E-state index in [-0.39, 0.29) is 6.10 Å². The van der Waals surface area contributed by atoms with Crippen LogP contribution in [0.3, 0.4) is 0 Å². The van der Waals surface area contributed by atoms with Crippen LogP contribution in [0.25, 0.3) is 10.8 Å². The summed E-state index contributed by atoms with van der Waals surface area (Å²) < 4.78 is 141. The average Bonchev–Trinajstić information content (AvgIpc) is 3.27. The Kier molecular flexibility index (Phi) is 8.84. The largest absolute Gasteiger partial charge is 0.743 e. The van der Waals surface area contributed by atoms with E-state index in [4.69, 9.17) is 4.74 Å². The topological polar surface area (TPSA) is 66.4 Å². The molecule has 1 aliphatic heterocycles. The summed E-state index contributed by atoms with van der Waals surface area (Å²) in [5.41, 5.74) is 0. The van der Waals surface area contributed by atoms with Gasteiger partial charge in [0.2, 0.25) is 0 Å². The monoisotopic (exact) mass is 572 g/mol. The number of benzene rings is 2. The van der Waals surface area contributed by atoms with Gasteiger partial charge >= 0.3 is 23.3 Å². The Morgan fingerprint density at radius 2 is 1.33 bits per heavy atom. The fraction of sp³-hybridized carbons (Fsp3) is 0.524. The highest BCUT2D eigenvalue weighted by Gasteiger charge is 2.83. The highest BCUT2D eigenvalue weighted by atomic mass is 32.2. The van der Waals surface area contributed by atoms with Crippen LogP contribution in [-0.2, 0) is 21.0 Å². The molecular formula is C21H21F9O4S2. The van der Waals surface area contributed by atoms with Crippen LogP contribution in [0.2, 0.25) is 0 Å². The summed E-state index contributed by atoms with van der Waals surface area (Å²) >= 11 is 0. The van der Waals surface area contributed by atoms with E-state index in [1.165, 1.54) is 35.1 Å². The molecule has 0 unspecified atom stereocenters. The van der Waals surface area contributed by atoms with Gasteiger partial charge in [0.25, 0.3) is 0 Å². The van der Waals surface area contributed by atoms with Crippen LogP contribution in [0.4, 0.5) is 39.5 Å². The van der Waals surface area contributed by atoms with Crippen LogP contribution in [0, 0.1) is 0 Å². The summed E-state index contributed by atoms with van der Waals surface area (Å²) in [5, 5.41) is -4.45. The fourth-order valence-electron chi connectivity index (χ4n) is 3.24. The lowest BCUT2D eigenvalue weighted by molar-refractivity contribution is -0.382. The molecule has 1 aliphatic rings. The van der Waals surface area contributed by atoms with E-state index in [0.717, 1.165) is 5.75 Å². The number of halogens is 9. The predicted octanol–water partition coefficient (Wildman–Crippen LogP) is 6.36. The zero-order valence-electron chi connectivity index (χ0n) is 18.7. The molecule has 0 amide bonds. The van der Waals surface area contributed by atoms with Crippen molar-refractivity contribution in [2.45, 2.75) is 61.0 Å². The Balaban J connectivity index is 0.000000256. The maximum atomic E-state index is 12.2. The van der Waals surface area contributed by atoms with Crippen LogP contribution >= 0.6 is 0 Å². The lowest BCUT2D eigenvalue weighted by Gasteiger charge is -2.34. The Bertz CT molecular complexity index is 1160. The third kappa shape index (κ3) is 5.82. The smallest absolute Gasteiger partial charge is 0.460 e. The molecule has 0 radical (unpaired) electrons. The second-order valence-corrected chi connectivity index (χ2v) is 11.7. The zero-order valence-corrected chi connectivity index (χ0v) is 20.4. The van der Waals surface area contributed by atoms with Crippen LogP contribution in [0.1, 0.15) is 26.7 Å². The minimum Gasteiger partial charge on any atom is -0.743 e. The summed E-state index contributed by atoms with van der Waals surface area (Å²) in [4.78, 5) is 1.55. The Labute approximate surface area is 203 Å². The van der Waals surface area contributed by atoms with Gasteiger partial charge in [0.15, 0.2) is 15.0 Å². The van der Waals surface area contributed by atoms with E-state index < -0.39 is 33.4 Å². The zero-order chi connectivity index (χ0) is 27.7. The lowest BCUT2D eigenvalue weighted by atomic mass is 10.1. The summed E-state index contributed by atoms with van der Waals surface area (Å²) in [5.74, 6) is -11.1. The molecule has 1 fully saturated rings. The molecule has 4 nitrogen and oxygen atoms in total. The van der Waals surface area contributed by atoms with Crippen molar-refractivity contribution in [2.24, 2.45) is 0 Å².